The number of sulfonamides is 1. The van der Waals surface area contributed by atoms with Gasteiger partial charge in [0, 0.05) is 13.2 Å². The number of aromatic nitrogens is 1. The standard InChI is InChI=1S/C10H14N2O4S/c1-3-6-17(15,16)12(2)8-4-5-11-9(7-8)10(13)14/h4-5,7H,3,6H2,1-2H3,(H,13,14). The number of nitrogens with zero attached hydrogens (tertiary/aromatic N) is 2. The molecule has 0 fully saturated rings. The first-order valence-electron chi connectivity index (χ1n) is 5.04. The summed E-state index contributed by atoms with van der Waals surface area (Å²) in [5.41, 5.74) is 0.117. The Hall–Kier alpha value is -1.63. The fraction of sp³-hybridized carbons (Fsp3) is 0.400. The van der Waals surface area contributed by atoms with Crippen molar-refractivity contribution in [2.75, 3.05) is 17.1 Å². The monoisotopic (exact) mass is 258 g/mol. The van der Waals surface area contributed by atoms with Gasteiger partial charge in [-0.2, -0.15) is 0 Å². The Kier molecular flexibility index (Phi) is 4.06. The first kappa shape index (κ1) is 13.4. The van der Waals surface area contributed by atoms with Crippen molar-refractivity contribution in [1.82, 2.24) is 4.98 Å². The number of carboxylic acid groups (broad SMARTS) is 1. The highest BCUT2D eigenvalue weighted by molar-refractivity contribution is 7.92. The number of anilines is 1. The number of pyridine rings is 1. The number of rotatable bonds is 5. The van der Waals surface area contributed by atoms with E-state index in [1.54, 1.807) is 6.92 Å². The molecule has 1 N–H and O–H groups in total. The summed E-state index contributed by atoms with van der Waals surface area (Å²) in [5, 5.41) is 8.77. The van der Waals surface area contributed by atoms with Gasteiger partial charge in [0.15, 0.2) is 0 Å². The molecule has 0 bridgehead atoms. The summed E-state index contributed by atoms with van der Waals surface area (Å²) in [7, 11) is -2.00. The number of carbonyl (C=O) groups is 1. The molecule has 0 aliphatic carbocycles. The lowest BCUT2D eigenvalue weighted by Gasteiger charge is -2.18. The molecule has 0 aliphatic rings. The van der Waals surface area contributed by atoms with Crippen LogP contribution in [0.4, 0.5) is 5.69 Å². The Morgan fingerprint density at radius 2 is 2.18 bits per heavy atom. The van der Waals surface area contributed by atoms with Gasteiger partial charge in [-0.15, -0.1) is 0 Å². The summed E-state index contributed by atoms with van der Waals surface area (Å²) < 4.78 is 24.6. The van der Waals surface area contributed by atoms with E-state index in [0.717, 1.165) is 4.31 Å². The third-order valence-electron chi connectivity index (χ3n) is 2.21. The normalized spacial score (nSPS) is 11.2. The van der Waals surface area contributed by atoms with Gasteiger partial charge < -0.3 is 5.11 Å². The lowest BCUT2D eigenvalue weighted by Crippen LogP contribution is -2.29. The van der Waals surface area contributed by atoms with E-state index in [2.05, 4.69) is 4.98 Å². The lowest BCUT2D eigenvalue weighted by molar-refractivity contribution is 0.0690. The van der Waals surface area contributed by atoms with Crippen LogP contribution < -0.4 is 4.31 Å². The maximum absolute atomic E-state index is 11.8. The van der Waals surface area contributed by atoms with Crippen molar-refractivity contribution in [3.05, 3.63) is 24.0 Å². The Morgan fingerprint density at radius 1 is 1.53 bits per heavy atom. The minimum absolute atomic E-state index is 0.0221. The summed E-state index contributed by atoms with van der Waals surface area (Å²) in [6, 6.07) is 2.69. The SMILES string of the molecule is CCCS(=O)(=O)N(C)c1ccnc(C(=O)O)c1. The topological polar surface area (TPSA) is 87.6 Å². The molecule has 17 heavy (non-hydrogen) atoms. The van der Waals surface area contributed by atoms with Crippen molar-refractivity contribution in [1.29, 1.82) is 0 Å². The second-order valence-electron chi connectivity index (χ2n) is 3.49. The van der Waals surface area contributed by atoms with E-state index in [0.29, 0.717) is 12.1 Å². The molecule has 0 aromatic carbocycles. The molecule has 6 nitrogen and oxygen atoms in total. The zero-order valence-electron chi connectivity index (χ0n) is 9.62. The van der Waals surface area contributed by atoms with Gasteiger partial charge in [-0.1, -0.05) is 6.92 Å². The molecule has 0 amide bonds. The zero-order valence-corrected chi connectivity index (χ0v) is 10.4. The molecule has 0 unspecified atom stereocenters. The number of hydrogen-bond donors (Lipinski definition) is 1. The summed E-state index contributed by atoms with van der Waals surface area (Å²) in [6.45, 7) is 1.76. The van der Waals surface area contributed by atoms with Crippen LogP contribution in [-0.2, 0) is 10.0 Å². The van der Waals surface area contributed by atoms with E-state index < -0.39 is 16.0 Å². The van der Waals surface area contributed by atoms with Gasteiger partial charge in [0.25, 0.3) is 0 Å². The molecular formula is C10H14N2O4S. The van der Waals surface area contributed by atoms with E-state index in [1.165, 1.54) is 25.4 Å². The predicted octanol–water partition coefficient (Wildman–Crippen LogP) is 0.956. The Labute approximate surface area is 100.0 Å². The average Bonchev–Trinajstić information content (AvgIpc) is 2.28. The molecule has 0 atom stereocenters. The van der Waals surface area contributed by atoms with Gasteiger partial charge in [-0.25, -0.2) is 18.2 Å². The Bertz CT molecular complexity index is 513. The van der Waals surface area contributed by atoms with Crippen molar-refractivity contribution in [3.63, 3.8) is 0 Å². The molecule has 0 saturated heterocycles. The van der Waals surface area contributed by atoms with E-state index in [-0.39, 0.29) is 11.4 Å². The molecule has 1 aromatic heterocycles. The van der Waals surface area contributed by atoms with Gasteiger partial charge in [-0.05, 0) is 18.6 Å². The molecule has 0 saturated carbocycles. The maximum atomic E-state index is 11.8. The van der Waals surface area contributed by atoms with Crippen molar-refractivity contribution in [2.45, 2.75) is 13.3 Å². The third kappa shape index (κ3) is 3.16. The van der Waals surface area contributed by atoms with Crippen molar-refractivity contribution in [2.24, 2.45) is 0 Å². The molecule has 1 heterocycles. The summed E-state index contributed by atoms with van der Waals surface area (Å²) in [6.07, 6.45) is 1.78. The average molecular weight is 258 g/mol. The van der Waals surface area contributed by atoms with Crippen LogP contribution in [0.1, 0.15) is 23.8 Å². The Balaban J connectivity index is 3.08. The molecular weight excluding hydrogens is 244 g/mol. The minimum Gasteiger partial charge on any atom is -0.477 e. The number of hydrogen-bond acceptors (Lipinski definition) is 4. The van der Waals surface area contributed by atoms with Crippen LogP contribution >= 0.6 is 0 Å². The Morgan fingerprint density at radius 3 is 2.71 bits per heavy atom. The molecule has 7 heteroatoms. The highest BCUT2D eigenvalue weighted by Crippen LogP contribution is 2.17. The van der Waals surface area contributed by atoms with Crippen molar-refractivity contribution >= 4 is 21.7 Å². The van der Waals surface area contributed by atoms with Crippen LogP contribution in [0.5, 0.6) is 0 Å². The second kappa shape index (κ2) is 5.13. The van der Waals surface area contributed by atoms with Crippen LogP contribution in [0.3, 0.4) is 0 Å². The number of aromatic carboxylic acids is 1. The maximum Gasteiger partial charge on any atom is 0.354 e. The second-order valence-corrected chi connectivity index (χ2v) is 5.61. The molecule has 0 aliphatic heterocycles. The van der Waals surface area contributed by atoms with Gasteiger partial charge in [0.05, 0.1) is 11.4 Å². The smallest absolute Gasteiger partial charge is 0.354 e. The van der Waals surface area contributed by atoms with Crippen molar-refractivity contribution in [3.8, 4) is 0 Å². The predicted molar refractivity (Wildman–Crippen MR) is 63.7 cm³/mol. The van der Waals surface area contributed by atoms with E-state index >= 15 is 0 Å². The van der Waals surface area contributed by atoms with Crippen LogP contribution in [0.2, 0.25) is 0 Å². The van der Waals surface area contributed by atoms with Gasteiger partial charge in [0.1, 0.15) is 5.69 Å². The minimum atomic E-state index is -3.39. The van der Waals surface area contributed by atoms with Crippen LogP contribution in [0.15, 0.2) is 18.3 Å². The number of carboxylic acids is 1. The highest BCUT2D eigenvalue weighted by Gasteiger charge is 2.18. The van der Waals surface area contributed by atoms with E-state index in [4.69, 9.17) is 5.11 Å². The van der Waals surface area contributed by atoms with Gasteiger partial charge in [0.2, 0.25) is 10.0 Å². The van der Waals surface area contributed by atoms with Gasteiger partial charge >= 0.3 is 5.97 Å². The van der Waals surface area contributed by atoms with Crippen LogP contribution in [0, 0.1) is 0 Å². The van der Waals surface area contributed by atoms with Crippen LogP contribution in [-0.4, -0.2) is 37.3 Å². The molecule has 0 radical (unpaired) electrons. The van der Waals surface area contributed by atoms with Crippen LogP contribution in [0.25, 0.3) is 0 Å². The van der Waals surface area contributed by atoms with Gasteiger partial charge in [-0.3, -0.25) is 4.31 Å². The lowest BCUT2D eigenvalue weighted by atomic mass is 10.3. The van der Waals surface area contributed by atoms with Crippen molar-refractivity contribution < 1.29 is 18.3 Å². The first-order chi connectivity index (χ1) is 7.88. The van der Waals surface area contributed by atoms with E-state index in [9.17, 15) is 13.2 Å². The largest absolute Gasteiger partial charge is 0.477 e. The fourth-order valence-corrected chi connectivity index (χ4v) is 2.51. The highest BCUT2D eigenvalue weighted by atomic mass is 32.2. The third-order valence-corrected chi connectivity index (χ3v) is 4.18. The molecule has 1 rings (SSSR count). The quantitative estimate of drug-likeness (QED) is 0.849. The molecule has 0 spiro atoms. The fourth-order valence-electron chi connectivity index (χ4n) is 1.29. The summed E-state index contributed by atoms with van der Waals surface area (Å²) in [4.78, 5) is 14.3. The molecule has 1 aromatic rings. The zero-order chi connectivity index (χ0) is 13.1. The molecule has 94 valence electrons. The first-order valence-corrected chi connectivity index (χ1v) is 6.65. The summed E-state index contributed by atoms with van der Waals surface area (Å²) >= 11 is 0. The van der Waals surface area contributed by atoms with E-state index in [1.807, 2.05) is 0 Å². The summed E-state index contributed by atoms with van der Waals surface area (Å²) in [5.74, 6) is -1.16.